The van der Waals surface area contributed by atoms with Crippen LogP contribution in [0.25, 0.3) is 0 Å². The monoisotopic (exact) mass is 951 g/mol. The first-order valence-corrected chi connectivity index (χ1v) is 29.3. The van der Waals surface area contributed by atoms with Crippen molar-refractivity contribution in [2.75, 3.05) is 13.2 Å². The van der Waals surface area contributed by atoms with Crippen molar-refractivity contribution >= 4 is 17.9 Å². The molecule has 1 atom stereocenters. The second-order valence-electron chi connectivity index (χ2n) is 19.5. The predicted molar refractivity (Wildman–Crippen MR) is 293 cm³/mol. The molecule has 0 aliphatic heterocycles. The first kappa shape index (κ1) is 65.1. The van der Waals surface area contributed by atoms with Gasteiger partial charge in [-0.25, -0.2) is 0 Å². The third-order valence-corrected chi connectivity index (χ3v) is 12.8. The highest BCUT2D eigenvalue weighted by atomic mass is 16.6. The molecule has 1 unspecified atom stereocenters. The van der Waals surface area contributed by atoms with Crippen LogP contribution in [0.15, 0.2) is 60.8 Å². The van der Waals surface area contributed by atoms with Crippen molar-refractivity contribution in [3.05, 3.63) is 60.8 Å². The molecular weight excluding hydrogens is 841 g/mol. The van der Waals surface area contributed by atoms with Gasteiger partial charge in [-0.2, -0.15) is 0 Å². The summed E-state index contributed by atoms with van der Waals surface area (Å²) in [6.07, 6.45) is 70.8. The van der Waals surface area contributed by atoms with Gasteiger partial charge in [-0.1, -0.05) is 255 Å². The van der Waals surface area contributed by atoms with E-state index >= 15 is 0 Å². The Balaban J connectivity index is 4.38. The highest BCUT2D eigenvalue weighted by molar-refractivity contribution is 5.71. The van der Waals surface area contributed by atoms with Gasteiger partial charge in [0.15, 0.2) is 6.10 Å². The maximum atomic E-state index is 12.8. The van der Waals surface area contributed by atoms with E-state index in [0.29, 0.717) is 19.3 Å². The Morgan fingerprint density at radius 3 is 0.941 bits per heavy atom. The summed E-state index contributed by atoms with van der Waals surface area (Å²) in [6.45, 7) is 6.51. The first-order chi connectivity index (χ1) is 33.5. The number of hydrogen-bond donors (Lipinski definition) is 0. The van der Waals surface area contributed by atoms with E-state index in [4.69, 9.17) is 14.2 Å². The summed E-state index contributed by atoms with van der Waals surface area (Å²) in [4.78, 5) is 38.1. The lowest BCUT2D eigenvalue weighted by molar-refractivity contribution is -0.167. The van der Waals surface area contributed by atoms with Crippen LogP contribution in [0, 0.1) is 0 Å². The SMILES string of the molecule is CC/C=C\C/C=C\C/C=C\C/C=C\CCCCC(=O)OC(COC(=O)CCCCCCC/C=C\CCCCCCCC)COC(=O)CCCCCCCCCCCCCCCCCCCCCC. The molecule has 0 rings (SSSR count). The molecule has 0 fully saturated rings. The molecule has 0 aromatic rings. The fraction of sp³-hybridized carbons (Fsp3) is 0.790. The maximum Gasteiger partial charge on any atom is 0.306 e. The van der Waals surface area contributed by atoms with Gasteiger partial charge in [0.25, 0.3) is 0 Å². The standard InChI is InChI=1S/C62H110O6/c1-4-7-10-13-16-19-22-25-28-29-30-31-32-35-37-40-43-46-49-52-55-61(64)67-58-59(68-62(65)56-53-50-47-44-41-38-34-27-24-21-18-15-12-9-6-3)57-66-60(63)54-51-48-45-42-39-36-33-26-23-20-17-14-11-8-5-2/h9,12,18,21,26-27,33-34,41,44,59H,4-8,10-11,13-17,19-20,22-25,28-32,35-40,42-43,45-58H2,1-3H3/b12-9-,21-18-,33-26-,34-27-,44-41-. The van der Waals surface area contributed by atoms with E-state index < -0.39 is 6.10 Å². The molecule has 0 bridgehead atoms. The van der Waals surface area contributed by atoms with Gasteiger partial charge in [-0.05, 0) is 83.5 Å². The molecular formula is C62H110O6. The van der Waals surface area contributed by atoms with Crippen LogP contribution in [0.4, 0.5) is 0 Å². The molecule has 0 heterocycles. The summed E-state index contributed by atoms with van der Waals surface area (Å²) >= 11 is 0. The van der Waals surface area contributed by atoms with Gasteiger partial charge in [-0.3, -0.25) is 14.4 Å². The van der Waals surface area contributed by atoms with E-state index in [-0.39, 0.29) is 37.5 Å². The van der Waals surface area contributed by atoms with E-state index in [1.54, 1.807) is 0 Å². The quantitative estimate of drug-likeness (QED) is 0.0262. The number of ether oxygens (including phenoxy) is 3. The third-order valence-electron chi connectivity index (χ3n) is 12.8. The zero-order chi connectivity index (χ0) is 49.3. The zero-order valence-electron chi connectivity index (χ0n) is 45.1. The van der Waals surface area contributed by atoms with Crippen LogP contribution in [0.3, 0.4) is 0 Å². The van der Waals surface area contributed by atoms with Crippen LogP contribution >= 0.6 is 0 Å². The largest absolute Gasteiger partial charge is 0.462 e. The van der Waals surface area contributed by atoms with Crippen molar-refractivity contribution in [3.63, 3.8) is 0 Å². The van der Waals surface area contributed by atoms with Crippen LogP contribution < -0.4 is 0 Å². The number of carbonyl (C=O) groups excluding carboxylic acids is 3. The predicted octanol–water partition coefficient (Wildman–Crippen LogP) is 19.6. The Labute approximate surface area is 421 Å². The molecule has 0 saturated heterocycles. The van der Waals surface area contributed by atoms with Crippen molar-refractivity contribution < 1.29 is 28.6 Å². The van der Waals surface area contributed by atoms with Gasteiger partial charge in [-0.15, -0.1) is 0 Å². The molecule has 0 N–H and O–H groups in total. The Morgan fingerprint density at radius 1 is 0.309 bits per heavy atom. The van der Waals surface area contributed by atoms with Gasteiger partial charge in [0.05, 0.1) is 0 Å². The minimum absolute atomic E-state index is 0.0909. The summed E-state index contributed by atoms with van der Waals surface area (Å²) in [5, 5.41) is 0. The minimum Gasteiger partial charge on any atom is -0.462 e. The molecule has 0 aromatic carbocycles. The molecule has 0 aromatic heterocycles. The van der Waals surface area contributed by atoms with Crippen LogP contribution in [0.2, 0.25) is 0 Å². The minimum atomic E-state index is -0.797. The van der Waals surface area contributed by atoms with E-state index in [1.807, 2.05) is 0 Å². The van der Waals surface area contributed by atoms with Crippen molar-refractivity contribution in [1.82, 2.24) is 0 Å². The van der Waals surface area contributed by atoms with Crippen LogP contribution in [-0.4, -0.2) is 37.2 Å². The van der Waals surface area contributed by atoms with Crippen molar-refractivity contribution in [2.45, 2.75) is 303 Å². The van der Waals surface area contributed by atoms with E-state index in [1.165, 1.54) is 167 Å². The molecule has 0 radical (unpaired) electrons. The lowest BCUT2D eigenvalue weighted by Crippen LogP contribution is -2.30. The lowest BCUT2D eigenvalue weighted by Gasteiger charge is -2.18. The Kier molecular flexibility index (Phi) is 54.3. The number of hydrogen-bond acceptors (Lipinski definition) is 6. The van der Waals surface area contributed by atoms with Crippen molar-refractivity contribution in [1.29, 1.82) is 0 Å². The topological polar surface area (TPSA) is 78.9 Å². The maximum absolute atomic E-state index is 12.8. The molecule has 6 heteroatoms. The summed E-state index contributed by atoms with van der Waals surface area (Å²) in [6, 6.07) is 0. The molecule has 0 aliphatic rings. The molecule has 0 spiro atoms. The molecule has 0 aliphatic carbocycles. The average Bonchev–Trinajstić information content (AvgIpc) is 3.34. The fourth-order valence-corrected chi connectivity index (χ4v) is 8.37. The van der Waals surface area contributed by atoms with Gasteiger partial charge in [0.1, 0.15) is 13.2 Å². The average molecular weight is 952 g/mol. The third kappa shape index (κ3) is 54.1. The van der Waals surface area contributed by atoms with Crippen LogP contribution in [-0.2, 0) is 28.6 Å². The number of esters is 3. The lowest BCUT2D eigenvalue weighted by atomic mass is 10.0. The van der Waals surface area contributed by atoms with Gasteiger partial charge in [0.2, 0.25) is 0 Å². The Bertz CT molecular complexity index is 1230. The van der Waals surface area contributed by atoms with Crippen molar-refractivity contribution in [3.8, 4) is 0 Å². The van der Waals surface area contributed by atoms with Crippen LogP contribution in [0.1, 0.15) is 297 Å². The molecule has 68 heavy (non-hydrogen) atoms. The highest BCUT2D eigenvalue weighted by Crippen LogP contribution is 2.16. The highest BCUT2D eigenvalue weighted by Gasteiger charge is 2.19. The molecule has 0 saturated carbocycles. The summed E-state index contributed by atoms with van der Waals surface area (Å²) in [5.41, 5.74) is 0. The van der Waals surface area contributed by atoms with Crippen molar-refractivity contribution in [2.24, 2.45) is 0 Å². The van der Waals surface area contributed by atoms with E-state index in [0.717, 1.165) is 83.5 Å². The summed E-state index contributed by atoms with van der Waals surface area (Å²) < 4.78 is 16.8. The van der Waals surface area contributed by atoms with Gasteiger partial charge >= 0.3 is 17.9 Å². The Morgan fingerprint density at radius 2 is 0.574 bits per heavy atom. The van der Waals surface area contributed by atoms with Gasteiger partial charge < -0.3 is 14.2 Å². The number of allylic oxidation sites excluding steroid dienone is 10. The second kappa shape index (κ2) is 56.7. The number of unbranched alkanes of at least 4 members (excludes halogenated alkanes) is 32. The van der Waals surface area contributed by atoms with Crippen LogP contribution in [0.5, 0.6) is 0 Å². The molecule has 0 amide bonds. The zero-order valence-corrected chi connectivity index (χ0v) is 45.1. The van der Waals surface area contributed by atoms with E-state index in [2.05, 4.69) is 81.5 Å². The number of carbonyl (C=O) groups is 3. The van der Waals surface area contributed by atoms with Gasteiger partial charge in [0, 0.05) is 19.3 Å². The summed E-state index contributed by atoms with van der Waals surface area (Å²) in [7, 11) is 0. The second-order valence-corrected chi connectivity index (χ2v) is 19.5. The fourth-order valence-electron chi connectivity index (χ4n) is 8.37. The normalized spacial score (nSPS) is 12.5. The molecule has 394 valence electrons. The Hall–Kier alpha value is -2.89. The molecule has 6 nitrogen and oxygen atoms in total. The summed E-state index contributed by atoms with van der Waals surface area (Å²) in [5.74, 6) is -0.929. The first-order valence-electron chi connectivity index (χ1n) is 29.3. The van der Waals surface area contributed by atoms with E-state index in [9.17, 15) is 14.4 Å². The number of rotatable bonds is 53. The smallest absolute Gasteiger partial charge is 0.306 e.